The Morgan fingerprint density at radius 1 is 1.22 bits per heavy atom. The first-order valence-corrected chi connectivity index (χ1v) is 11.4. The number of nitrogens with one attached hydrogen (secondary N) is 1. The van der Waals surface area contributed by atoms with Gasteiger partial charge in [0.15, 0.2) is 5.58 Å². The van der Waals surface area contributed by atoms with Gasteiger partial charge in [-0.05, 0) is 24.1 Å². The van der Waals surface area contributed by atoms with Crippen LogP contribution in [0.2, 0.25) is 0 Å². The lowest BCUT2D eigenvalue weighted by molar-refractivity contribution is -0.177. The highest BCUT2D eigenvalue weighted by Crippen LogP contribution is 2.37. The van der Waals surface area contributed by atoms with Crippen molar-refractivity contribution in [2.75, 3.05) is 42.1 Å². The van der Waals surface area contributed by atoms with E-state index < -0.39 is 30.2 Å². The summed E-state index contributed by atoms with van der Waals surface area (Å²) in [4.78, 5) is 24.9. The Balaban J connectivity index is 1.38. The number of fused-ring (bicyclic) bond motifs is 1. The molecule has 2 saturated heterocycles. The van der Waals surface area contributed by atoms with Crippen molar-refractivity contribution >= 4 is 34.3 Å². The number of hydrogen-bond acceptors (Lipinski definition) is 8. The number of piperidine rings is 1. The molecule has 9 nitrogen and oxygen atoms in total. The van der Waals surface area contributed by atoms with Crippen LogP contribution >= 0.6 is 0 Å². The van der Waals surface area contributed by atoms with Gasteiger partial charge < -0.3 is 26.1 Å². The van der Waals surface area contributed by atoms with Crippen molar-refractivity contribution in [1.29, 1.82) is 0 Å². The number of halogens is 4. The third-order valence-electron chi connectivity index (χ3n) is 6.49. The van der Waals surface area contributed by atoms with Gasteiger partial charge in [0.05, 0.1) is 23.5 Å². The number of anilines is 3. The van der Waals surface area contributed by atoms with Crippen LogP contribution in [0.1, 0.15) is 22.3 Å². The summed E-state index contributed by atoms with van der Waals surface area (Å²) in [6.45, 7) is 1.10. The predicted molar refractivity (Wildman–Crippen MR) is 125 cm³/mol. The van der Waals surface area contributed by atoms with Crippen molar-refractivity contribution in [3.8, 4) is 0 Å². The van der Waals surface area contributed by atoms with Crippen molar-refractivity contribution in [2.45, 2.75) is 31.4 Å². The molecule has 0 aromatic carbocycles. The third kappa shape index (κ3) is 4.80. The number of rotatable bonds is 5. The molecule has 2 fully saturated rings. The third-order valence-corrected chi connectivity index (χ3v) is 6.49. The number of aromatic nitrogens is 2. The number of furan rings is 1. The second kappa shape index (κ2) is 9.21. The summed E-state index contributed by atoms with van der Waals surface area (Å²) in [5, 5.41) is 2.69. The average Bonchev–Trinajstić information content (AvgIpc) is 3.12. The minimum Gasteiger partial charge on any atom is -0.438 e. The minimum atomic E-state index is -4.38. The van der Waals surface area contributed by atoms with Crippen molar-refractivity contribution in [2.24, 2.45) is 11.7 Å². The van der Waals surface area contributed by atoms with Crippen molar-refractivity contribution in [3.63, 3.8) is 0 Å². The van der Waals surface area contributed by atoms with Gasteiger partial charge >= 0.3 is 6.18 Å². The number of alkyl halides is 4. The van der Waals surface area contributed by atoms with Crippen LogP contribution in [-0.2, 0) is 6.54 Å². The highest BCUT2D eigenvalue weighted by atomic mass is 19.4. The van der Waals surface area contributed by atoms with Gasteiger partial charge in [0.2, 0.25) is 5.88 Å². The van der Waals surface area contributed by atoms with Crippen LogP contribution in [0.5, 0.6) is 0 Å². The number of nitrogens with two attached hydrogens (primary N) is 2. The Kier molecular flexibility index (Phi) is 6.20. The van der Waals surface area contributed by atoms with Gasteiger partial charge in [-0.25, -0.2) is 4.39 Å². The summed E-state index contributed by atoms with van der Waals surface area (Å²) >= 11 is 0. The number of hydrogen-bond donors (Lipinski definition) is 3. The molecule has 0 spiro atoms. The molecule has 0 bridgehead atoms. The number of likely N-dealkylation sites (tertiary alicyclic amines) is 1. The molecule has 2 aliphatic heterocycles. The van der Waals surface area contributed by atoms with Crippen LogP contribution < -0.4 is 21.7 Å². The monoisotopic (exact) mass is 507 g/mol. The zero-order valence-electron chi connectivity index (χ0n) is 19.1. The van der Waals surface area contributed by atoms with E-state index in [0.717, 1.165) is 5.56 Å². The van der Waals surface area contributed by atoms with E-state index in [4.69, 9.17) is 15.9 Å². The van der Waals surface area contributed by atoms with Gasteiger partial charge in [-0.1, -0.05) is 0 Å². The number of nitrogens with zero attached hydrogens (tertiary/aromatic N) is 4. The minimum absolute atomic E-state index is 0.00244. The quantitative estimate of drug-likeness (QED) is 0.450. The molecule has 13 heteroatoms. The molecule has 5 rings (SSSR count). The largest absolute Gasteiger partial charge is 0.438 e. The van der Waals surface area contributed by atoms with Gasteiger partial charge in [0.25, 0.3) is 5.91 Å². The second-order valence-electron chi connectivity index (χ2n) is 9.31. The molecule has 3 aromatic rings. The fourth-order valence-corrected chi connectivity index (χ4v) is 4.75. The number of amides is 1. The molecule has 1 amide bonds. The Morgan fingerprint density at radius 2 is 2.00 bits per heavy atom. The Morgan fingerprint density at radius 3 is 2.72 bits per heavy atom. The number of nitrogen functional groups attached to an aromatic ring is 1. The summed E-state index contributed by atoms with van der Waals surface area (Å²) < 4.78 is 58.9. The molecule has 2 atom stereocenters. The van der Waals surface area contributed by atoms with Crippen LogP contribution in [0.4, 0.5) is 34.8 Å². The molecule has 192 valence electrons. The van der Waals surface area contributed by atoms with E-state index in [1.165, 1.54) is 23.4 Å². The summed E-state index contributed by atoms with van der Waals surface area (Å²) in [6, 6.07) is 2.55. The standard InChI is InChI=1S/C23H25F4N7O2/c24-14-9-33(10-14)7-12-3-18-20(31-5-12)19(21(29)36-18)22(35)32-16-6-30-2-1-17(16)34-8-13(23(25,26)27)4-15(28)11-34/h1-3,5-6,13-15H,4,7-11,28-29H2,(H,32,35)/t13-,15+/m0/s1. The van der Waals surface area contributed by atoms with Gasteiger partial charge in [0.1, 0.15) is 17.3 Å². The van der Waals surface area contributed by atoms with Gasteiger partial charge in [-0.3, -0.25) is 19.7 Å². The number of carbonyl (C=O) groups is 1. The van der Waals surface area contributed by atoms with Crippen molar-refractivity contribution in [1.82, 2.24) is 14.9 Å². The maximum absolute atomic E-state index is 13.4. The first-order chi connectivity index (χ1) is 17.1. The molecule has 0 aliphatic carbocycles. The van der Waals surface area contributed by atoms with Crippen LogP contribution in [0.25, 0.3) is 11.1 Å². The highest BCUT2D eigenvalue weighted by Gasteiger charge is 2.44. The van der Waals surface area contributed by atoms with Gasteiger partial charge in [0, 0.05) is 51.2 Å². The van der Waals surface area contributed by atoms with E-state index in [-0.39, 0.29) is 42.2 Å². The lowest BCUT2D eigenvalue weighted by Gasteiger charge is -2.39. The topological polar surface area (TPSA) is 127 Å². The van der Waals surface area contributed by atoms with E-state index >= 15 is 0 Å². The molecule has 5 N–H and O–H groups in total. The first-order valence-electron chi connectivity index (χ1n) is 11.4. The summed E-state index contributed by atoms with van der Waals surface area (Å²) in [7, 11) is 0. The zero-order chi connectivity index (χ0) is 25.6. The Bertz CT molecular complexity index is 1280. The smallest absolute Gasteiger partial charge is 0.393 e. The van der Waals surface area contributed by atoms with Gasteiger partial charge in [-0.2, -0.15) is 13.2 Å². The molecule has 0 saturated carbocycles. The normalized spacial score (nSPS) is 21.5. The molecule has 0 radical (unpaired) electrons. The van der Waals surface area contributed by atoms with Crippen LogP contribution in [0, 0.1) is 5.92 Å². The van der Waals surface area contributed by atoms with E-state index in [2.05, 4.69) is 15.3 Å². The predicted octanol–water partition coefficient (Wildman–Crippen LogP) is 2.93. The zero-order valence-corrected chi connectivity index (χ0v) is 19.1. The lowest BCUT2D eigenvalue weighted by atomic mass is 9.93. The SMILES string of the molecule is Nc1oc2cc(CN3CC(F)C3)cnc2c1C(=O)Nc1cnccc1N1C[C@H](N)C[C@H](C(F)(F)F)C1. The van der Waals surface area contributed by atoms with E-state index in [1.54, 1.807) is 12.3 Å². The second-order valence-corrected chi connectivity index (χ2v) is 9.31. The number of pyridine rings is 2. The summed E-state index contributed by atoms with van der Waals surface area (Å²) in [5.41, 5.74) is 13.8. The first kappa shape index (κ1) is 24.3. The molecular formula is C23H25F4N7O2. The Labute approximate surface area is 203 Å². The number of carbonyl (C=O) groups excluding carboxylic acids is 1. The molecule has 5 heterocycles. The Hall–Kier alpha value is -3.45. The van der Waals surface area contributed by atoms with Crippen LogP contribution in [0.15, 0.2) is 35.1 Å². The van der Waals surface area contributed by atoms with E-state index in [1.807, 2.05) is 4.90 Å². The average molecular weight is 507 g/mol. The molecule has 3 aromatic heterocycles. The molecule has 36 heavy (non-hydrogen) atoms. The van der Waals surface area contributed by atoms with Crippen molar-refractivity contribution in [3.05, 3.63) is 41.9 Å². The van der Waals surface area contributed by atoms with Gasteiger partial charge in [-0.15, -0.1) is 0 Å². The summed E-state index contributed by atoms with van der Waals surface area (Å²) in [6.07, 6.45) is -1.02. The summed E-state index contributed by atoms with van der Waals surface area (Å²) in [5.74, 6) is -2.38. The maximum Gasteiger partial charge on any atom is 0.393 e. The molecule has 0 unspecified atom stereocenters. The molecular weight excluding hydrogens is 482 g/mol. The fraction of sp³-hybridized carbons (Fsp3) is 0.435. The fourth-order valence-electron chi connectivity index (χ4n) is 4.75. The van der Waals surface area contributed by atoms with E-state index in [9.17, 15) is 22.4 Å². The highest BCUT2D eigenvalue weighted by molar-refractivity contribution is 6.15. The van der Waals surface area contributed by atoms with E-state index in [0.29, 0.717) is 30.9 Å². The van der Waals surface area contributed by atoms with Crippen LogP contribution in [-0.4, -0.2) is 65.3 Å². The maximum atomic E-state index is 13.4. The van der Waals surface area contributed by atoms with Crippen LogP contribution in [0.3, 0.4) is 0 Å². The van der Waals surface area contributed by atoms with Crippen molar-refractivity contribution < 1.29 is 26.8 Å². The molecule has 2 aliphatic rings. The lowest BCUT2D eigenvalue weighted by Crippen LogP contribution is -2.51.